The van der Waals surface area contributed by atoms with E-state index in [1.165, 1.54) is 0 Å². The second-order valence-corrected chi connectivity index (χ2v) is 6.66. The zero-order valence-electron chi connectivity index (χ0n) is 8.54. The van der Waals surface area contributed by atoms with Crippen LogP contribution < -0.4 is 0 Å². The summed E-state index contributed by atoms with van der Waals surface area (Å²) in [5.41, 5.74) is 0. The molecule has 5 nitrogen and oxygen atoms in total. The van der Waals surface area contributed by atoms with E-state index < -0.39 is 15.9 Å². The zero-order chi connectivity index (χ0) is 11.1. The van der Waals surface area contributed by atoms with Crippen LogP contribution in [0.1, 0.15) is 12.8 Å². The second kappa shape index (κ2) is 4.01. The van der Waals surface area contributed by atoms with Gasteiger partial charge in [0.15, 0.2) is 9.84 Å². The SMILES string of the molecule is O=S1(=O)CC(O)C(N2CCC[C@H](O)C2)C1. The highest BCUT2D eigenvalue weighted by Gasteiger charge is 2.40. The van der Waals surface area contributed by atoms with Crippen LogP contribution in [0, 0.1) is 0 Å². The molecule has 15 heavy (non-hydrogen) atoms. The quantitative estimate of drug-likeness (QED) is 0.584. The van der Waals surface area contributed by atoms with Gasteiger partial charge < -0.3 is 10.2 Å². The van der Waals surface area contributed by atoms with Crippen molar-refractivity contribution in [2.45, 2.75) is 31.1 Å². The Kier molecular flexibility index (Phi) is 3.03. The number of piperidine rings is 1. The highest BCUT2D eigenvalue weighted by molar-refractivity contribution is 7.91. The molecule has 2 aliphatic rings. The molecule has 0 saturated carbocycles. The van der Waals surface area contributed by atoms with Crippen molar-refractivity contribution in [2.24, 2.45) is 0 Å². The minimum Gasteiger partial charge on any atom is -0.392 e. The summed E-state index contributed by atoms with van der Waals surface area (Å²) in [6.45, 7) is 1.26. The van der Waals surface area contributed by atoms with Gasteiger partial charge in [-0.05, 0) is 19.4 Å². The van der Waals surface area contributed by atoms with Crippen molar-refractivity contribution in [3.05, 3.63) is 0 Å². The van der Waals surface area contributed by atoms with Crippen LogP contribution in [0.3, 0.4) is 0 Å². The molecule has 2 rings (SSSR count). The van der Waals surface area contributed by atoms with Crippen molar-refractivity contribution in [1.82, 2.24) is 4.90 Å². The van der Waals surface area contributed by atoms with Gasteiger partial charge in [0.25, 0.3) is 0 Å². The van der Waals surface area contributed by atoms with E-state index in [-0.39, 0.29) is 23.7 Å². The van der Waals surface area contributed by atoms with Crippen LogP contribution in [0.15, 0.2) is 0 Å². The molecule has 3 atom stereocenters. The summed E-state index contributed by atoms with van der Waals surface area (Å²) >= 11 is 0. The van der Waals surface area contributed by atoms with E-state index in [1.807, 2.05) is 4.90 Å². The smallest absolute Gasteiger partial charge is 0.154 e. The first kappa shape index (κ1) is 11.3. The summed E-state index contributed by atoms with van der Waals surface area (Å²) in [5, 5.41) is 19.1. The summed E-state index contributed by atoms with van der Waals surface area (Å²) in [4.78, 5) is 1.91. The van der Waals surface area contributed by atoms with Gasteiger partial charge >= 0.3 is 0 Å². The number of nitrogens with zero attached hydrogens (tertiary/aromatic N) is 1. The van der Waals surface area contributed by atoms with Crippen molar-refractivity contribution in [1.29, 1.82) is 0 Å². The van der Waals surface area contributed by atoms with E-state index >= 15 is 0 Å². The lowest BCUT2D eigenvalue weighted by molar-refractivity contribution is 0.0162. The normalized spacial score (nSPS) is 41.9. The fourth-order valence-electron chi connectivity index (χ4n) is 2.44. The molecule has 0 radical (unpaired) electrons. The molecule has 0 bridgehead atoms. The minimum absolute atomic E-state index is 0.0287. The third-order valence-corrected chi connectivity index (χ3v) is 4.89. The van der Waals surface area contributed by atoms with E-state index in [4.69, 9.17) is 0 Å². The largest absolute Gasteiger partial charge is 0.392 e. The van der Waals surface area contributed by atoms with Crippen molar-refractivity contribution in [2.75, 3.05) is 24.6 Å². The van der Waals surface area contributed by atoms with E-state index in [1.54, 1.807) is 0 Å². The monoisotopic (exact) mass is 235 g/mol. The van der Waals surface area contributed by atoms with Gasteiger partial charge in [0.05, 0.1) is 29.8 Å². The fraction of sp³-hybridized carbons (Fsp3) is 1.00. The molecule has 2 saturated heterocycles. The number of hydrogen-bond donors (Lipinski definition) is 2. The molecular weight excluding hydrogens is 218 g/mol. The molecule has 0 aromatic rings. The fourth-order valence-corrected chi connectivity index (χ4v) is 4.28. The lowest BCUT2D eigenvalue weighted by atomic mass is 10.0. The van der Waals surface area contributed by atoms with Crippen molar-refractivity contribution < 1.29 is 18.6 Å². The predicted molar refractivity (Wildman–Crippen MR) is 55.3 cm³/mol. The highest BCUT2D eigenvalue weighted by atomic mass is 32.2. The molecule has 2 unspecified atom stereocenters. The number of aliphatic hydroxyl groups excluding tert-OH is 2. The summed E-state index contributed by atoms with van der Waals surface area (Å²) in [7, 11) is -3.08. The van der Waals surface area contributed by atoms with Crippen LogP contribution in [0.4, 0.5) is 0 Å². The topological polar surface area (TPSA) is 77.8 Å². The molecule has 0 aliphatic carbocycles. The molecule has 2 aliphatic heterocycles. The molecule has 88 valence electrons. The Hall–Kier alpha value is -0.170. The van der Waals surface area contributed by atoms with Crippen molar-refractivity contribution in [3.63, 3.8) is 0 Å². The first-order valence-electron chi connectivity index (χ1n) is 5.28. The zero-order valence-corrected chi connectivity index (χ0v) is 9.36. The highest BCUT2D eigenvalue weighted by Crippen LogP contribution is 2.22. The third-order valence-electron chi connectivity index (χ3n) is 3.19. The lowest BCUT2D eigenvalue weighted by Gasteiger charge is -2.35. The Labute approximate surface area is 89.6 Å². The number of β-amino-alcohol motifs (C(OH)–C–C–N with tert-alkyl or cyclic N) is 1. The molecule has 6 heteroatoms. The van der Waals surface area contributed by atoms with Gasteiger partial charge in [0.1, 0.15) is 0 Å². The number of hydrogen-bond acceptors (Lipinski definition) is 5. The Morgan fingerprint density at radius 3 is 2.47 bits per heavy atom. The Bertz CT molecular complexity index is 329. The second-order valence-electron chi connectivity index (χ2n) is 4.50. The van der Waals surface area contributed by atoms with Crippen LogP contribution in [-0.2, 0) is 9.84 Å². The van der Waals surface area contributed by atoms with Crippen molar-refractivity contribution in [3.8, 4) is 0 Å². The van der Waals surface area contributed by atoms with Gasteiger partial charge in [-0.25, -0.2) is 8.42 Å². The average molecular weight is 235 g/mol. The van der Waals surface area contributed by atoms with Crippen LogP contribution in [-0.4, -0.2) is 66.4 Å². The number of sulfone groups is 1. The summed E-state index contributed by atoms with van der Waals surface area (Å²) in [6, 6.07) is -0.315. The van der Waals surface area contributed by atoms with Gasteiger partial charge in [-0.15, -0.1) is 0 Å². The molecule has 2 N–H and O–H groups in total. The van der Waals surface area contributed by atoms with Gasteiger partial charge in [-0.1, -0.05) is 0 Å². The Morgan fingerprint density at radius 2 is 1.93 bits per heavy atom. The predicted octanol–water partition coefficient (Wildman–Crippen LogP) is -1.40. The van der Waals surface area contributed by atoms with Gasteiger partial charge in [0.2, 0.25) is 0 Å². The lowest BCUT2D eigenvalue weighted by Crippen LogP contribution is -2.49. The molecular formula is C9H17NO4S. The number of rotatable bonds is 1. The van der Waals surface area contributed by atoms with Gasteiger partial charge in [-0.2, -0.15) is 0 Å². The Balaban J connectivity index is 2.04. The van der Waals surface area contributed by atoms with Crippen molar-refractivity contribution >= 4 is 9.84 Å². The van der Waals surface area contributed by atoms with Gasteiger partial charge in [-0.3, -0.25) is 4.90 Å². The maximum Gasteiger partial charge on any atom is 0.154 e. The maximum atomic E-state index is 11.3. The molecule has 0 amide bonds. The third kappa shape index (κ3) is 2.50. The molecule has 0 spiro atoms. The Morgan fingerprint density at radius 1 is 1.20 bits per heavy atom. The summed E-state index contributed by atoms with van der Waals surface area (Å²) in [5.74, 6) is -0.106. The number of aliphatic hydroxyl groups is 2. The van der Waals surface area contributed by atoms with Crippen LogP contribution in [0.5, 0.6) is 0 Å². The van der Waals surface area contributed by atoms with E-state index in [0.717, 1.165) is 19.4 Å². The maximum absolute atomic E-state index is 11.3. The first-order valence-corrected chi connectivity index (χ1v) is 7.11. The average Bonchev–Trinajstić information content (AvgIpc) is 2.40. The summed E-state index contributed by atoms with van der Waals surface area (Å²) in [6.07, 6.45) is 0.464. The molecule has 2 fully saturated rings. The van der Waals surface area contributed by atoms with E-state index in [9.17, 15) is 18.6 Å². The van der Waals surface area contributed by atoms with Gasteiger partial charge in [0, 0.05) is 6.54 Å². The molecule has 2 heterocycles. The van der Waals surface area contributed by atoms with E-state index in [2.05, 4.69) is 0 Å². The summed E-state index contributed by atoms with van der Waals surface area (Å²) < 4.78 is 22.7. The minimum atomic E-state index is -3.08. The molecule has 0 aromatic heterocycles. The van der Waals surface area contributed by atoms with Crippen LogP contribution in [0.2, 0.25) is 0 Å². The van der Waals surface area contributed by atoms with Crippen LogP contribution >= 0.6 is 0 Å². The number of likely N-dealkylation sites (tertiary alicyclic amines) is 1. The van der Waals surface area contributed by atoms with E-state index in [0.29, 0.717) is 6.54 Å². The first-order chi connectivity index (χ1) is 6.98. The molecule has 0 aromatic carbocycles. The van der Waals surface area contributed by atoms with Crippen LogP contribution in [0.25, 0.3) is 0 Å². The standard InChI is InChI=1S/C9H17NO4S/c11-7-2-1-3-10(4-7)8-5-15(13,14)6-9(8)12/h7-9,11-12H,1-6H2/t7-,8?,9?/m0/s1.